The minimum absolute atomic E-state index is 0.268. The molecule has 0 atom stereocenters. The molecule has 90 valence electrons. The van der Waals surface area contributed by atoms with Crippen LogP contribution in [0, 0.1) is 0 Å². The zero-order chi connectivity index (χ0) is 12.1. The van der Waals surface area contributed by atoms with Crippen LogP contribution in [0.4, 0.5) is 0 Å². The van der Waals surface area contributed by atoms with E-state index in [2.05, 4.69) is 10.3 Å². The van der Waals surface area contributed by atoms with Crippen LogP contribution in [0.1, 0.15) is 17.7 Å². The molecule has 0 spiro atoms. The van der Waals surface area contributed by atoms with Crippen molar-refractivity contribution < 1.29 is 5.11 Å². The van der Waals surface area contributed by atoms with Crippen LogP contribution < -0.4 is 0 Å². The van der Waals surface area contributed by atoms with E-state index in [0.29, 0.717) is 12.4 Å². The molecule has 1 aromatic carbocycles. The van der Waals surface area contributed by atoms with Gasteiger partial charge in [0, 0.05) is 12.1 Å². The van der Waals surface area contributed by atoms with E-state index < -0.39 is 0 Å². The molecule has 0 aliphatic heterocycles. The molecule has 1 aromatic heterocycles. The second-order valence-corrected chi connectivity index (χ2v) is 4.25. The van der Waals surface area contributed by atoms with Gasteiger partial charge in [0.15, 0.2) is 0 Å². The highest BCUT2D eigenvalue weighted by Gasteiger charge is 2.02. The van der Waals surface area contributed by atoms with Crippen molar-refractivity contribution in [1.29, 1.82) is 0 Å². The lowest BCUT2D eigenvalue weighted by molar-refractivity contribution is 0.474. The third kappa shape index (κ3) is 3.46. The summed E-state index contributed by atoms with van der Waals surface area (Å²) in [5, 5.41) is 17.5. The Morgan fingerprint density at radius 3 is 3.00 bits per heavy atom. The Morgan fingerprint density at radius 2 is 2.24 bits per heavy atom. The topological polar surface area (TPSA) is 50.9 Å². The lowest BCUT2D eigenvalue weighted by Gasteiger charge is -2.00. The summed E-state index contributed by atoms with van der Waals surface area (Å²) in [6, 6.07) is 7.13. The molecule has 1 heterocycles. The van der Waals surface area contributed by atoms with Crippen LogP contribution >= 0.6 is 11.6 Å². The quantitative estimate of drug-likeness (QED) is 0.829. The number of rotatable bonds is 5. The molecule has 1 N–H and O–H groups in total. The van der Waals surface area contributed by atoms with Crippen molar-refractivity contribution in [2.45, 2.75) is 19.4 Å². The standard InChI is InChI=1S/C12H14ClN3O/c13-6-2-4-11-9-16(15-14-11)8-10-3-1-5-12(17)7-10/h1,3,5,7,9,17H,2,4,6,8H2. The molecule has 0 radical (unpaired) electrons. The summed E-state index contributed by atoms with van der Waals surface area (Å²) < 4.78 is 1.76. The lowest BCUT2D eigenvalue weighted by atomic mass is 10.2. The van der Waals surface area contributed by atoms with E-state index in [1.807, 2.05) is 18.3 Å². The predicted molar refractivity (Wildman–Crippen MR) is 66.3 cm³/mol. The normalized spacial score (nSPS) is 10.6. The first kappa shape index (κ1) is 11.9. The van der Waals surface area contributed by atoms with E-state index in [9.17, 15) is 5.11 Å². The molecule has 4 nitrogen and oxygen atoms in total. The number of aromatic hydroxyl groups is 1. The molecule has 0 unspecified atom stereocenters. The van der Waals surface area contributed by atoms with Gasteiger partial charge in [-0.15, -0.1) is 16.7 Å². The average Bonchev–Trinajstić information content (AvgIpc) is 2.74. The molecule has 0 saturated carbocycles. The number of phenolic OH excluding ortho intramolecular Hbond substituents is 1. The highest BCUT2D eigenvalue weighted by molar-refractivity contribution is 6.17. The van der Waals surface area contributed by atoms with Gasteiger partial charge in [-0.25, -0.2) is 4.68 Å². The zero-order valence-electron chi connectivity index (χ0n) is 9.38. The highest BCUT2D eigenvalue weighted by atomic mass is 35.5. The molecule has 0 amide bonds. The average molecular weight is 252 g/mol. The van der Waals surface area contributed by atoms with Crippen LogP contribution in [0.5, 0.6) is 5.75 Å². The van der Waals surface area contributed by atoms with E-state index in [0.717, 1.165) is 24.1 Å². The number of aryl methyl sites for hydroxylation is 1. The first-order valence-electron chi connectivity index (χ1n) is 5.51. The SMILES string of the molecule is Oc1cccc(Cn2cc(CCCCl)nn2)c1. The fourth-order valence-electron chi connectivity index (χ4n) is 1.62. The van der Waals surface area contributed by atoms with Crippen LogP contribution in [0.2, 0.25) is 0 Å². The molecular weight excluding hydrogens is 238 g/mol. The monoisotopic (exact) mass is 251 g/mol. The van der Waals surface area contributed by atoms with Crippen molar-refractivity contribution in [3.05, 3.63) is 41.7 Å². The van der Waals surface area contributed by atoms with Gasteiger partial charge in [-0.1, -0.05) is 17.3 Å². The lowest BCUT2D eigenvalue weighted by Crippen LogP contribution is -2.00. The van der Waals surface area contributed by atoms with Crippen LogP contribution in [0.3, 0.4) is 0 Å². The maximum Gasteiger partial charge on any atom is 0.115 e. The minimum atomic E-state index is 0.268. The van der Waals surface area contributed by atoms with Gasteiger partial charge in [-0.2, -0.15) is 0 Å². The van der Waals surface area contributed by atoms with Crippen molar-refractivity contribution in [2.24, 2.45) is 0 Å². The maximum atomic E-state index is 9.35. The third-order valence-electron chi connectivity index (χ3n) is 2.41. The zero-order valence-corrected chi connectivity index (χ0v) is 10.1. The molecular formula is C12H14ClN3O. The summed E-state index contributed by atoms with van der Waals surface area (Å²) in [4.78, 5) is 0. The second-order valence-electron chi connectivity index (χ2n) is 3.87. The van der Waals surface area contributed by atoms with Gasteiger partial charge >= 0.3 is 0 Å². The molecule has 0 bridgehead atoms. The van der Waals surface area contributed by atoms with Crippen molar-refractivity contribution in [3.8, 4) is 5.75 Å². The van der Waals surface area contributed by atoms with Crippen molar-refractivity contribution in [1.82, 2.24) is 15.0 Å². The minimum Gasteiger partial charge on any atom is -0.508 e. The Hall–Kier alpha value is -1.55. The molecule has 5 heteroatoms. The smallest absolute Gasteiger partial charge is 0.115 e. The van der Waals surface area contributed by atoms with E-state index in [1.54, 1.807) is 16.8 Å². The Labute approximate surface area is 105 Å². The fourth-order valence-corrected chi connectivity index (χ4v) is 1.75. The third-order valence-corrected chi connectivity index (χ3v) is 2.68. The second kappa shape index (κ2) is 5.68. The van der Waals surface area contributed by atoms with Crippen molar-refractivity contribution >= 4 is 11.6 Å². The number of halogens is 1. The predicted octanol–water partition coefficient (Wildman–Crippen LogP) is 2.20. The van der Waals surface area contributed by atoms with Crippen molar-refractivity contribution in [2.75, 3.05) is 5.88 Å². The molecule has 0 fully saturated rings. The Balaban J connectivity index is 2.01. The first-order chi connectivity index (χ1) is 8.28. The summed E-state index contributed by atoms with van der Waals surface area (Å²) in [5.74, 6) is 0.907. The van der Waals surface area contributed by atoms with Gasteiger partial charge in [0.25, 0.3) is 0 Å². The van der Waals surface area contributed by atoms with Crippen molar-refractivity contribution in [3.63, 3.8) is 0 Å². The number of nitrogens with zero attached hydrogens (tertiary/aromatic N) is 3. The number of hydrogen-bond acceptors (Lipinski definition) is 3. The largest absolute Gasteiger partial charge is 0.508 e. The number of hydrogen-bond donors (Lipinski definition) is 1. The van der Waals surface area contributed by atoms with E-state index in [-0.39, 0.29) is 5.75 Å². The first-order valence-corrected chi connectivity index (χ1v) is 6.04. The highest BCUT2D eigenvalue weighted by Crippen LogP contribution is 2.12. The number of alkyl halides is 1. The molecule has 0 saturated heterocycles. The van der Waals surface area contributed by atoms with Crippen LogP contribution in [0.15, 0.2) is 30.5 Å². The Kier molecular flexibility index (Phi) is 3.98. The maximum absolute atomic E-state index is 9.35. The number of phenols is 1. The summed E-state index contributed by atoms with van der Waals surface area (Å²) >= 11 is 5.62. The molecule has 2 aromatic rings. The molecule has 0 aliphatic rings. The van der Waals surface area contributed by atoms with Gasteiger partial charge in [-0.3, -0.25) is 0 Å². The van der Waals surface area contributed by atoms with Crippen LogP contribution in [0.25, 0.3) is 0 Å². The number of aromatic nitrogens is 3. The molecule has 2 rings (SSSR count). The Morgan fingerprint density at radius 1 is 1.35 bits per heavy atom. The van der Waals surface area contributed by atoms with Gasteiger partial charge in [-0.05, 0) is 30.5 Å². The summed E-state index contributed by atoms with van der Waals surface area (Å²) in [7, 11) is 0. The van der Waals surface area contributed by atoms with Gasteiger partial charge in [0.1, 0.15) is 5.75 Å². The van der Waals surface area contributed by atoms with Crippen LogP contribution in [-0.2, 0) is 13.0 Å². The number of benzene rings is 1. The fraction of sp³-hybridized carbons (Fsp3) is 0.333. The molecule has 17 heavy (non-hydrogen) atoms. The van der Waals surface area contributed by atoms with Gasteiger partial charge < -0.3 is 5.11 Å². The van der Waals surface area contributed by atoms with Gasteiger partial charge in [0.2, 0.25) is 0 Å². The van der Waals surface area contributed by atoms with Crippen LogP contribution in [-0.4, -0.2) is 26.0 Å². The Bertz CT molecular complexity index is 484. The summed E-state index contributed by atoms with van der Waals surface area (Å²) in [5.41, 5.74) is 1.95. The van der Waals surface area contributed by atoms with E-state index in [4.69, 9.17) is 11.6 Å². The van der Waals surface area contributed by atoms with E-state index in [1.165, 1.54) is 0 Å². The van der Waals surface area contributed by atoms with Gasteiger partial charge in [0.05, 0.1) is 12.2 Å². The summed E-state index contributed by atoms with van der Waals surface area (Å²) in [6.45, 7) is 0.613. The van der Waals surface area contributed by atoms with E-state index >= 15 is 0 Å². The summed E-state index contributed by atoms with van der Waals surface area (Å²) in [6.07, 6.45) is 3.67. The molecule has 0 aliphatic carbocycles.